The number of nitrogens with one attached hydrogen (secondary N) is 1. The Balaban J connectivity index is 2.11. The molecule has 0 aliphatic carbocycles. The maximum Gasteiger partial charge on any atom is 0.335 e. The zero-order valence-electron chi connectivity index (χ0n) is 10.1. The van der Waals surface area contributed by atoms with Crippen LogP contribution in [-0.4, -0.2) is 31.7 Å². The van der Waals surface area contributed by atoms with Crippen LogP contribution in [0.15, 0.2) is 36.8 Å². The number of amides is 1. The second-order valence-corrected chi connectivity index (χ2v) is 3.89. The summed E-state index contributed by atoms with van der Waals surface area (Å²) in [7, 11) is 0. The SMILES string of the molecule is CC(C(=O)Nc1cc(C(=O)O)ccn1)n1cccn1. The molecule has 2 aromatic rings. The Hall–Kier alpha value is -2.70. The average Bonchev–Trinajstić information content (AvgIpc) is 2.92. The summed E-state index contributed by atoms with van der Waals surface area (Å²) < 4.78 is 1.50. The van der Waals surface area contributed by atoms with E-state index in [2.05, 4.69) is 15.4 Å². The van der Waals surface area contributed by atoms with Crippen LogP contribution in [0, 0.1) is 0 Å². The van der Waals surface area contributed by atoms with E-state index in [1.807, 2.05) is 0 Å². The van der Waals surface area contributed by atoms with Gasteiger partial charge in [0.05, 0.1) is 5.56 Å². The van der Waals surface area contributed by atoms with Crippen LogP contribution in [0.1, 0.15) is 23.3 Å². The van der Waals surface area contributed by atoms with Gasteiger partial charge in [0.15, 0.2) is 0 Å². The van der Waals surface area contributed by atoms with Crippen molar-refractivity contribution in [2.75, 3.05) is 5.32 Å². The van der Waals surface area contributed by atoms with Gasteiger partial charge >= 0.3 is 5.97 Å². The lowest BCUT2D eigenvalue weighted by molar-refractivity contribution is -0.119. The average molecular weight is 260 g/mol. The molecule has 1 unspecified atom stereocenters. The fourth-order valence-electron chi connectivity index (χ4n) is 1.49. The normalized spacial score (nSPS) is 11.8. The highest BCUT2D eigenvalue weighted by atomic mass is 16.4. The number of carbonyl (C=O) groups is 2. The van der Waals surface area contributed by atoms with Crippen LogP contribution in [0.25, 0.3) is 0 Å². The molecule has 0 aliphatic heterocycles. The van der Waals surface area contributed by atoms with Gasteiger partial charge in [0.1, 0.15) is 11.9 Å². The first-order valence-corrected chi connectivity index (χ1v) is 5.57. The minimum atomic E-state index is -1.07. The van der Waals surface area contributed by atoms with Crippen LogP contribution in [0.2, 0.25) is 0 Å². The molecule has 0 bridgehead atoms. The van der Waals surface area contributed by atoms with Gasteiger partial charge in [-0.05, 0) is 25.1 Å². The van der Waals surface area contributed by atoms with Gasteiger partial charge in [0, 0.05) is 18.6 Å². The van der Waals surface area contributed by atoms with Crippen LogP contribution < -0.4 is 5.32 Å². The third kappa shape index (κ3) is 2.95. The Bertz CT molecular complexity index is 595. The highest BCUT2D eigenvalue weighted by molar-refractivity contribution is 5.94. The Labute approximate surface area is 108 Å². The molecule has 2 N–H and O–H groups in total. The summed E-state index contributed by atoms with van der Waals surface area (Å²) in [6.07, 6.45) is 4.58. The summed E-state index contributed by atoms with van der Waals surface area (Å²) in [6.45, 7) is 1.68. The minimum Gasteiger partial charge on any atom is -0.478 e. The van der Waals surface area contributed by atoms with Crippen molar-refractivity contribution in [1.29, 1.82) is 0 Å². The second-order valence-electron chi connectivity index (χ2n) is 3.89. The summed E-state index contributed by atoms with van der Waals surface area (Å²) >= 11 is 0. The van der Waals surface area contributed by atoms with Crippen molar-refractivity contribution in [3.8, 4) is 0 Å². The van der Waals surface area contributed by atoms with E-state index < -0.39 is 12.0 Å². The summed E-state index contributed by atoms with van der Waals surface area (Å²) in [6, 6.07) is 3.86. The summed E-state index contributed by atoms with van der Waals surface area (Å²) in [5.41, 5.74) is 0.0667. The van der Waals surface area contributed by atoms with Crippen molar-refractivity contribution in [2.45, 2.75) is 13.0 Å². The monoisotopic (exact) mass is 260 g/mol. The van der Waals surface area contributed by atoms with E-state index in [0.717, 1.165) is 0 Å². The molecule has 2 heterocycles. The molecule has 0 saturated heterocycles. The topological polar surface area (TPSA) is 97.1 Å². The van der Waals surface area contributed by atoms with Gasteiger partial charge in [0.2, 0.25) is 5.91 Å². The van der Waals surface area contributed by atoms with Crippen molar-refractivity contribution in [1.82, 2.24) is 14.8 Å². The molecule has 0 saturated carbocycles. The van der Waals surface area contributed by atoms with Crippen LogP contribution in [-0.2, 0) is 4.79 Å². The third-order valence-electron chi connectivity index (χ3n) is 2.56. The lowest BCUT2D eigenvalue weighted by Gasteiger charge is -2.12. The first-order valence-electron chi connectivity index (χ1n) is 5.57. The molecule has 0 fully saturated rings. The molecule has 0 radical (unpaired) electrons. The van der Waals surface area contributed by atoms with Crippen LogP contribution in [0.5, 0.6) is 0 Å². The molecule has 0 aliphatic rings. The largest absolute Gasteiger partial charge is 0.478 e. The number of carboxylic acids is 1. The van der Waals surface area contributed by atoms with Crippen LogP contribution in [0.4, 0.5) is 5.82 Å². The number of aromatic nitrogens is 3. The van der Waals surface area contributed by atoms with Crippen molar-refractivity contribution >= 4 is 17.7 Å². The van der Waals surface area contributed by atoms with E-state index >= 15 is 0 Å². The summed E-state index contributed by atoms with van der Waals surface area (Å²) in [5.74, 6) is -1.19. The molecule has 19 heavy (non-hydrogen) atoms. The van der Waals surface area contributed by atoms with E-state index in [4.69, 9.17) is 5.11 Å². The smallest absolute Gasteiger partial charge is 0.335 e. The van der Waals surface area contributed by atoms with Gasteiger partial charge in [-0.25, -0.2) is 9.78 Å². The zero-order chi connectivity index (χ0) is 13.8. The summed E-state index contributed by atoms with van der Waals surface area (Å²) in [4.78, 5) is 26.6. The molecule has 7 heteroatoms. The molecule has 1 amide bonds. The lowest BCUT2D eigenvalue weighted by Crippen LogP contribution is -2.24. The minimum absolute atomic E-state index is 0.0667. The molecule has 2 rings (SSSR count). The number of hydrogen-bond acceptors (Lipinski definition) is 4. The molecule has 2 aromatic heterocycles. The maximum absolute atomic E-state index is 11.9. The summed E-state index contributed by atoms with van der Waals surface area (Å²) in [5, 5.41) is 15.4. The Morgan fingerprint density at radius 3 is 2.84 bits per heavy atom. The second kappa shape index (κ2) is 5.30. The van der Waals surface area contributed by atoms with Gasteiger partial charge in [0.25, 0.3) is 0 Å². The van der Waals surface area contributed by atoms with E-state index in [0.29, 0.717) is 0 Å². The maximum atomic E-state index is 11.9. The molecular formula is C12H12N4O3. The van der Waals surface area contributed by atoms with Crippen molar-refractivity contribution in [2.24, 2.45) is 0 Å². The Kier molecular flexibility index (Phi) is 3.56. The van der Waals surface area contributed by atoms with Crippen LogP contribution >= 0.6 is 0 Å². The number of nitrogens with zero attached hydrogens (tertiary/aromatic N) is 3. The fraction of sp³-hybridized carbons (Fsp3) is 0.167. The van der Waals surface area contributed by atoms with E-state index in [1.165, 1.54) is 23.0 Å². The number of rotatable bonds is 4. The molecule has 0 aromatic carbocycles. The number of aromatic carboxylic acids is 1. The standard InChI is InChI=1S/C12H12N4O3/c1-8(16-6-2-4-14-16)11(17)15-10-7-9(12(18)19)3-5-13-10/h2-8H,1H3,(H,18,19)(H,13,15,17). The predicted octanol–water partition coefficient (Wildman–Crippen LogP) is 1.18. The van der Waals surface area contributed by atoms with Gasteiger partial charge in [-0.15, -0.1) is 0 Å². The Morgan fingerprint density at radius 2 is 2.21 bits per heavy atom. The highest BCUT2D eigenvalue weighted by Gasteiger charge is 2.16. The van der Waals surface area contributed by atoms with E-state index in [9.17, 15) is 9.59 Å². The first kappa shape index (κ1) is 12.7. The van der Waals surface area contributed by atoms with Gasteiger partial charge in [-0.2, -0.15) is 5.10 Å². The molecule has 98 valence electrons. The van der Waals surface area contributed by atoms with E-state index in [-0.39, 0.29) is 17.3 Å². The van der Waals surface area contributed by atoms with Crippen molar-refractivity contribution in [3.63, 3.8) is 0 Å². The van der Waals surface area contributed by atoms with Gasteiger partial charge in [-0.1, -0.05) is 0 Å². The van der Waals surface area contributed by atoms with Gasteiger partial charge in [-0.3, -0.25) is 9.48 Å². The Morgan fingerprint density at radius 1 is 1.42 bits per heavy atom. The highest BCUT2D eigenvalue weighted by Crippen LogP contribution is 2.10. The van der Waals surface area contributed by atoms with E-state index in [1.54, 1.807) is 25.4 Å². The molecule has 1 atom stereocenters. The molecular weight excluding hydrogens is 248 g/mol. The van der Waals surface area contributed by atoms with Crippen LogP contribution in [0.3, 0.4) is 0 Å². The third-order valence-corrected chi connectivity index (χ3v) is 2.56. The predicted molar refractivity (Wildman–Crippen MR) is 66.8 cm³/mol. The quantitative estimate of drug-likeness (QED) is 0.860. The zero-order valence-corrected chi connectivity index (χ0v) is 10.1. The molecule has 0 spiro atoms. The van der Waals surface area contributed by atoms with Crippen molar-refractivity contribution in [3.05, 3.63) is 42.4 Å². The number of carbonyl (C=O) groups excluding carboxylic acids is 1. The van der Waals surface area contributed by atoms with Gasteiger partial charge < -0.3 is 10.4 Å². The first-order chi connectivity index (χ1) is 9.08. The lowest BCUT2D eigenvalue weighted by atomic mass is 10.2. The van der Waals surface area contributed by atoms with Crippen molar-refractivity contribution < 1.29 is 14.7 Å². The molecule has 7 nitrogen and oxygen atoms in total. The number of carboxylic acid groups (broad SMARTS) is 1. The fourth-order valence-corrected chi connectivity index (χ4v) is 1.49. The number of pyridine rings is 1. The number of hydrogen-bond donors (Lipinski definition) is 2. The number of anilines is 1.